The fourth-order valence-electron chi connectivity index (χ4n) is 3.64. The quantitative estimate of drug-likeness (QED) is 0.875. The van der Waals surface area contributed by atoms with Crippen molar-refractivity contribution < 1.29 is 9.53 Å². The van der Waals surface area contributed by atoms with Gasteiger partial charge in [-0.25, -0.2) is 0 Å². The van der Waals surface area contributed by atoms with Gasteiger partial charge in [0, 0.05) is 38.0 Å². The van der Waals surface area contributed by atoms with Crippen molar-refractivity contribution in [1.82, 2.24) is 20.0 Å². The van der Waals surface area contributed by atoms with E-state index in [1.807, 2.05) is 28.8 Å². The molecular formula is C16H27ClN4O2. The average molecular weight is 343 g/mol. The number of aromatic nitrogens is 2. The van der Waals surface area contributed by atoms with E-state index in [4.69, 9.17) is 4.74 Å². The Kier molecular flexibility index (Phi) is 6.44. The summed E-state index contributed by atoms with van der Waals surface area (Å²) in [5, 5.41) is 7.74. The molecule has 0 aliphatic carbocycles. The molecule has 2 fully saturated rings. The van der Waals surface area contributed by atoms with E-state index in [-0.39, 0.29) is 18.3 Å². The third-order valence-electron chi connectivity index (χ3n) is 4.90. The summed E-state index contributed by atoms with van der Waals surface area (Å²) in [5.74, 6) is 0.706. The highest BCUT2D eigenvalue weighted by Crippen LogP contribution is 2.31. The number of ether oxygens (including phenoxy) is 1. The normalized spacial score (nSPS) is 23.5. The summed E-state index contributed by atoms with van der Waals surface area (Å²) in [7, 11) is 0. The largest absolute Gasteiger partial charge is 0.381 e. The zero-order valence-corrected chi connectivity index (χ0v) is 14.6. The maximum atomic E-state index is 13.2. The molecule has 23 heavy (non-hydrogen) atoms. The summed E-state index contributed by atoms with van der Waals surface area (Å²) in [5.41, 5.74) is -0.505. The van der Waals surface area contributed by atoms with Crippen molar-refractivity contribution >= 4 is 18.3 Å². The molecule has 130 valence electrons. The molecule has 0 saturated carbocycles. The van der Waals surface area contributed by atoms with Gasteiger partial charge in [-0.3, -0.25) is 9.48 Å². The minimum atomic E-state index is -0.505. The van der Waals surface area contributed by atoms with Crippen LogP contribution >= 0.6 is 12.4 Å². The second kappa shape index (κ2) is 8.13. The molecule has 2 aliphatic rings. The average Bonchev–Trinajstić information content (AvgIpc) is 3.24. The maximum absolute atomic E-state index is 13.2. The molecule has 0 spiro atoms. The highest BCUT2D eigenvalue weighted by atomic mass is 35.5. The minimum Gasteiger partial charge on any atom is -0.381 e. The van der Waals surface area contributed by atoms with Crippen LogP contribution in [0.4, 0.5) is 0 Å². The van der Waals surface area contributed by atoms with E-state index in [1.54, 1.807) is 6.20 Å². The van der Waals surface area contributed by atoms with E-state index in [9.17, 15) is 4.79 Å². The van der Waals surface area contributed by atoms with Gasteiger partial charge in [0.15, 0.2) is 0 Å². The molecule has 1 atom stereocenters. The van der Waals surface area contributed by atoms with Crippen LogP contribution in [0.1, 0.15) is 26.2 Å². The van der Waals surface area contributed by atoms with E-state index in [0.717, 1.165) is 58.7 Å². The van der Waals surface area contributed by atoms with Crippen molar-refractivity contribution in [3.05, 3.63) is 18.5 Å². The number of halogens is 1. The van der Waals surface area contributed by atoms with Gasteiger partial charge in [0.2, 0.25) is 0 Å². The standard InChI is InChI=1S/C16H26N4O2.ClH/c1-2-22-13-14-4-11-19(12-14)15(21)16(5-8-17-9-6-16)20-10-3-7-18-20;/h3,7,10,14,17H,2,4-6,8-9,11-13H2,1H3;1H. The molecule has 3 heterocycles. The number of hydrogen-bond acceptors (Lipinski definition) is 4. The number of rotatable bonds is 5. The van der Waals surface area contributed by atoms with Crippen LogP contribution < -0.4 is 5.32 Å². The SMILES string of the molecule is CCOCC1CCN(C(=O)C2(n3cccn3)CCNCC2)C1.Cl. The van der Waals surface area contributed by atoms with Crippen molar-refractivity contribution in [3.63, 3.8) is 0 Å². The lowest BCUT2D eigenvalue weighted by Crippen LogP contribution is -2.55. The number of carbonyl (C=O) groups is 1. The van der Waals surface area contributed by atoms with E-state index in [2.05, 4.69) is 10.4 Å². The number of carbonyl (C=O) groups excluding carboxylic acids is 1. The molecule has 2 aliphatic heterocycles. The lowest BCUT2D eigenvalue weighted by atomic mass is 9.87. The Morgan fingerprint density at radius 1 is 1.43 bits per heavy atom. The Hall–Kier alpha value is -1.11. The lowest BCUT2D eigenvalue weighted by Gasteiger charge is -2.39. The number of likely N-dealkylation sites (tertiary alicyclic amines) is 1. The Labute approximate surface area is 144 Å². The number of nitrogens with zero attached hydrogens (tertiary/aromatic N) is 3. The van der Waals surface area contributed by atoms with Crippen LogP contribution in [0.5, 0.6) is 0 Å². The van der Waals surface area contributed by atoms with Crippen LogP contribution in [0.2, 0.25) is 0 Å². The van der Waals surface area contributed by atoms with Crippen LogP contribution in [0, 0.1) is 5.92 Å². The van der Waals surface area contributed by atoms with E-state index >= 15 is 0 Å². The first-order chi connectivity index (χ1) is 10.8. The Balaban J connectivity index is 0.00000192. The van der Waals surface area contributed by atoms with Crippen molar-refractivity contribution in [1.29, 1.82) is 0 Å². The minimum absolute atomic E-state index is 0. The first kappa shape index (κ1) is 18.2. The third kappa shape index (κ3) is 3.70. The molecule has 0 aromatic carbocycles. The first-order valence-corrected chi connectivity index (χ1v) is 8.34. The van der Waals surface area contributed by atoms with Crippen LogP contribution in [0.3, 0.4) is 0 Å². The summed E-state index contributed by atoms with van der Waals surface area (Å²) in [4.78, 5) is 15.3. The van der Waals surface area contributed by atoms with Crippen molar-refractivity contribution in [2.75, 3.05) is 39.4 Å². The maximum Gasteiger partial charge on any atom is 0.250 e. The topological polar surface area (TPSA) is 59.4 Å². The summed E-state index contributed by atoms with van der Waals surface area (Å²) in [6, 6.07) is 1.90. The van der Waals surface area contributed by atoms with Crippen LogP contribution in [0.15, 0.2) is 18.5 Å². The smallest absolute Gasteiger partial charge is 0.250 e. The fraction of sp³-hybridized carbons (Fsp3) is 0.750. The number of hydrogen-bond donors (Lipinski definition) is 1. The predicted octanol–water partition coefficient (Wildman–Crippen LogP) is 1.27. The molecule has 2 saturated heterocycles. The van der Waals surface area contributed by atoms with Gasteiger partial charge in [-0.05, 0) is 45.3 Å². The molecule has 3 rings (SSSR count). The van der Waals surface area contributed by atoms with Gasteiger partial charge in [0.1, 0.15) is 5.54 Å². The Morgan fingerprint density at radius 3 is 2.87 bits per heavy atom. The molecule has 6 nitrogen and oxygen atoms in total. The van der Waals surface area contributed by atoms with Crippen LogP contribution in [-0.2, 0) is 15.1 Å². The van der Waals surface area contributed by atoms with Gasteiger partial charge >= 0.3 is 0 Å². The molecule has 7 heteroatoms. The van der Waals surface area contributed by atoms with E-state index < -0.39 is 5.54 Å². The lowest BCUT2D eigenvalue weighted by molar-refractivity contribution is -0.142. The van der Waals surface area contributed by atoms with Crippen LogP contribution in [-0.4, -0.2) is 60.0 Å². The molecule has 1 aromatic rings. The van der Waals surface area contributed by atoms with Crippen molar-refractivity contribution in [3.8, 4) is 0 Å². The Bertz CT molecular complexity index is 488. The molecule has 1 N–H and O–H groups in total. The summed E-state index contributed by atoms with van der Waals surface area (Å²) in [6.45, 7) is 6.90. The number of piperidine rings is 1. The molecule has 1 amide bonds. The second-order valence-electron chi connectivity index (χ2n) is 6.30. The summed E-state index contributed by atoms with van der Waals surface area (Å²) < 4.78 is 7.40. The second-order valence-corrected chi connectivity index (χ2v) is 6.30. The molecule has 0 radical (unpaired) electrons. The van der Waals surface area contributed by atoms with Gasteiger partial charge in [-0.2, -0.15) is 5.10 Å². The first-order valence-electron chi connectivity index (χ1n) is 8.34. The van der Waals surface area contributed by atoms with Crippen molar-refractivity contribution in [2.45, 2.75) is 31.7 Å². The summed E-state index contributed by atoms with van der Waals surface area (Å²) in [6.07, 6.45) is 6.34. The van der Waals surface area contributed by atoms with Gasteiger partial charge < -0.3 is 15.0 Å². The summed E-state index contributed by atoms with van der Waals surface area (Å²) >= 11 is 0. The number of nitrogens with one attached hydrogen (secondary N) is 1. The van der Waals surface area contributed by atoms with Gasteiger partial charge in [-0.15, -0.1) is 12.4 Å². The number of amides is 1. The third-order valence-corrected chi connectivity index (χ3v) is 4.90. The fourth-order valence-corrected chi connectivity index (χ4v) is 3.64. The molecule has 1 unspecified atom stereocenters. The predicted molar refractivity (Wildman–Crippen MR) is 90.7 cm³/mol. The van der Waals surface area contributed by atoms with Gasteiger partial charge in [0.05, 0.1) is 6.61 Å². The van der Waals surface area contributed by atoms with Crippen molar-refractivity contribution in [2.24, 2.45) is 5.92 Å². The zero-order valence-electron chi connectivity index (χ0n) is 13.7. The van der Waals surface area contributed by atoms with Gasteiger partial charge in [0.25, 0.3) is 5.91 Å². The molecular weight excluding hydrogens is 316 g/mol. The van der Waals surface area contributed by atoms with E-state index in [1.165, 1.54) is 0 Å². The highest BCUT2D eigenvalue weighted by molar-refractivity contribution is 5.85. The molecule has 0 bridgehead atoms. The van der Waals surface area contributed by atoms with Crippen LogP contribution in [0.25, 0.3) is 0 Å². The van der Waals surface area contributed by atoms with E-state index in [0.29, 0.717) is 5.92 Å². The monoisotopic (exact) mass is 342 g/mol. The van der Waals surface area contributed by atoms with Gasteiger partial charge in [-0.1, -0.05) is 0 Å². The zero-order chi connectivity index (χ0) is 15.4. The Morgan fingerprint density at radius 2 is 2.22 bits per heavy atom. The molecule has 1 aromatic heterocycles. The highest BCUT2D eigenvalue weighted by Gasteiger charge is 2.45.